The molecule has 0 radical (unpaired) electrons. The molecule has 1 aromatic rings. The van der Waals surface area contributed by atoms with E-state index in [1.165, 1.54) is 17.5 Å². The van der Waals surface area contributed by atoms with Gasteiger partial charge in [-0.05, 0) is 51.1 Å². The minimum atomic E-state index is -0.0980. The number of nitrogens with one attached hydrogen (secondary N) is 1. The van der Waals surface area contributed by atoms with Crippen molar-refractivity contribution in [3.05, 3.63) is 29.3 Å². The summed E-state index contributed by atoms with van der Waals surface area (Å²) < 4.78 is 5.51. The normalized spacial score (nSPS) is 23.8. The maximum absolute atomic E-state index is 9.79. The number of methoxy groups -OCH3 is 1. The number of benzene rings is 1. The monoisotopic (exact) mass is 291 g/mol. The first-order chi connectivity index (χ1) is 10.1. The maximum atomic E-state index is 9.79. The molecule has 0 amide bonds. The molecular formula is C18H29NO2. The van der Waals surface area contributed by atoms with Crippen molar-refractivity contribution in [3.63, 3.8) is 0 Å². The molecule has 3 unspecified atom stereocenters. The van der Waals surface area contributed by atoms with E-state index >= 15 is 0 Å². The van der Waals surface area contributed by atoms with Crippen molar-refractivity contribution in [2.75, 3.05) is 13.7 Å². The lowest BCUT2D eigenvalue weighted by Crippen LogP contribution is -2.31. The van der Waals surface area contributed by atoms with Gasteiger partial charge in [-0.25, -0.2) is 0 Å². The van der Waals surface area contributed by atoms with E-state index in [4.69, 9.17) is 4.74 Å². The summed E-state index contributed by atoms with van der Waals surface area (Å²) in [6.45, 7) is 5.30. The summed E-state index contributed by atoms with van der Waals surface area (Å²) in [7, 11) is 1.73. The highest BCUT2D eigenvalue weighted by Crippen LogP contribution is 2.29. The standard InChI is InChI=1S/C18H29NO2/c1-4-17(16-10-13(2)8-9-18(16)21-3)19-12-14-6-5-7-15(20)11-14/h8-10,14-15,17,19-20H,4-7,11-12H2,1-3H3. The number of ether oxygens (including phenoxy) is 1. The molecule has 3 atom stereocenters. The minimum Gasteiger partial charge on any atom is -0.496 e. The van der Waals surface area contributed by atoms with Crippen LogP contribution in [0.1, 0.15) is 56.2 Å². The summed E-state index contributed by atoms with van der Waals surface area (Å²) >= 11 is 0. The molecule has 21 heavy (non-hydrogen) atoms. The van der Waals surface area contributed by atoms with Crippen LogP contribution in [0.15, 0.2) is 18.2 Å². The molecule has 0 aromatic heterocycles. The Labute approximate surface area is 128 Å². The second kappa shape index (κ2) is 7.81. The Morgan fingerprint density at radius 1 is 1.38 bits per heavy atom. The average Bonchev–Trinajstić information content (AvgIpc) is 2.48. The van der Waals surface area contributed by atoms with Gasteiger partial charge in [0.1, 0.15) is 5.75 Å². The van der Waals surface area contributed by atoms with Crippen molar-refractivity contribution in [1.29, 1.82) is 0 Å². The van der Waals surface area contributed by atoms with Crippen LogP contribution in [-0.2, 0) is 0 Å². The van der Waals surface area contributed by atoms with Crippen LogP contribution in [0.25, 0.3) is 0 Å². The largest absolute Gasteiger partial charge is 0.496 e. The second-order valence-corrected chi connectivity index (χ2v) is 6.30. The van der Waals surface area contributed by atoms with Gasteiger partial charge in [-0.1, -0.05) is 31.0 Å². The second-order valence-electron chi connectivity index (χ2n) is 6.30. The van der Waals surface area contributed by atoms with E-state index in [2.05, 4.69) is 37.4 Å². The lowest BCUT2D eigenvalue weighted by Gasteiger charge is -2.28. The third-order valence-electron chi connectivity index (χ3n) is 4.58. The lowest BCUT2D eigenvalue weighted by atomic mass is 9.87. The van der Waals surface area contributed by atoms with Crippen LogP contribution in [0.5, 0.6) is 5.75 Å². The molecule has 0 spiro atoms. The SMILES string of the molecule is CCC(NCC1CCCC(O)C1)c1cc(C)ccc1OC. The molecular weight excluding hydrogens is 262 g/mol. The number of aliphatic hydroxyl groups excluding tert-OH is 1. The van der Waals surface area contributed by atoms with Crippen LogP contribution in [0.4, 0.5) is 0 Å². The van der Waals surface area contributed by atoms with Gasteiger partial charge < -0.3 is 15.2 Å². The fourth-order valence-corrected chi connectivity index (χ4v) is 3.36. The van der Waals surface area contributed by atoms with E-state index in [0.717, 1.165) is 38.0 Å². The van der Waals surface area contributed by atoms with Gasteiger partial charge in [-0.2, -0.15) is 0 Å². The number of aliphatic hydroxyl groups is 1. The highest BCUT2D eigenvalue weighted by molar-refractivity contribution is 5.39. The Kier molecular flexibility index (Phi) is 6.07. The fourth-order valence-electron chi connectivity index (χ4n) is 3.36. The summed E-state index contributed by atoms with van der Waals surface area (Å²) in [5, 5.41) is 13.5. The predicted molar refractivity (Wildman–Crippen MR) is 86.7 cm³/mol. The fraction of sp³-hybridized carbons (Fsp3) is 0.667. The Balaban J connectivity index is 2.01. The highest BCUT2D eigenvalue weighted by Gasteiger charge is 2.22. The molecule has 1 aromatic carbocycles. The minimum absolute atomic E-state index is 0.0980. The average molecular weight is 291 g/mol. The quantitative estimate of drug-likeness (QED) is 0.841. The highest BCUT2D eigenvalue weighted by atomic mass is 16.5. The zero-order chi connectivity index (χ0) is 15.2. The van der Waals surface area contributed by atoms with Crippen LogP contribution >= 0.6 is 0 Å². The zero-order valence-electron chi connectivity index (χ0n) is 13.6. The molecule has 1 fully saturated rings. The maximum Gasteiger partial charge on any atom is 0.123 e. The Morgan fingerprint density at radius 2 is 2.19 bits per heavy atom. The van der Waals surface area contributed by atoms with E-state index in [1.807, 2.05) is 0 Å². The number of rotatable bonds is 6. The van der Waals surface area contributed by atoms with Crippen LogP contribution in [-0.4, -0.2) is 24.9 Å². The first kappa shape index (κ1) is 16.3. The summed E-state index contributed by atoms with van der Waals surface area (Å²) in [6.07, 6.45) is 5.23. The molecule has 3 nitrogen and oxygen atoms in total. The summed E-state index contributed by atoms with van der Waals surface area (Å²) in [5.41, 5.74) is 2.51. The van der Waals surface area contributed by atoms with Gasteiger partial charge >= 0.3 is 0 Å². The van der Waals surface area contributed by atoms with Gasteiger partial charge in [0.2, 0.25) is 0 Å². The van der Waals surface area contributed by atoms with Crippen molar-refractivity contribution in [2.45, 2.75) is 58.1 Å². The lowest BCUT2D eigenvalue weighted by molar-refractivity contribution is 0.0995. The predicted octanol–water partition coefficient (Wildman–Crippen LogP) is 3.60. The van der Waals surface area contributed by atoms with E-state index in [-0.39, 0.29) is 6.10 Å². The molecule has 118 valence electrons. The first-order valence-corrected chi connectivity index (χ1v) is 8.20. The van der Waals surface area contributed by atoms with Gasteiger partial charge in [0.15, 0.2) is 0 Å². The van der Waals surface area contributed by atoms with E-state index in [1.54, 1.807) is 7.11 Å². The topological polar surface area (TPSA) is 41.5 Å². The van der Waals surface area contributed by atoms with Crippen molar-refractivity contribution < 1.29 is 9.84 Å². The number of hydrogen-bond donors (Lipinski definition) is 2. The zero-order valence-corrected chi connectivity index (χ0v) is 13.6. The van der Waals surface area contributed by atoms with Crippen molar-refractivity contribution >= 4 is 0 Å². The van der Waals surface area contributed by atoms with Gasteiger partial charge in [-0.15, -0.1) is 0 Å². The van der Waals surface area contributed by atoms with Crippen LogP contribution in [0.2, 0.25) is 0 Å². The van der Waals surface area contributed by atoms with E-state index in [9.17, 15) is 5.11 Å². The molecule has 0 aliphatic heterocycles. The van der Waals surface area contributed by atoms with Crippen LogP contribution < -0.4 is 10.1 Å². The van der Waals surface area contributed by atoms with E-state index < -0.39 is 0 Å². The third-order valence-corrected chi connectivity index (χ3v) is 4.58. The van der Waals surface area contributed by atoms with Crippen LogP contribution in [0, 0.1) is 12.8 Å². The van der Waals surface area contributed by atoms with Gasteiger partial charge in [-0.3, -0.25) is 0 Å². The molecule has 0 saturated heterocycles. The Bertz CT molecular complexity index is 447. The van der Waals surface area contributed by atoms with Crippen molar-refractivity contribution in [3.8, 4) is 5.75 Å². The molecule has 1 saturated carbocycles. The number of aryl methyl sites for hydroxylation is 1. The summed E-state index contributed by atoms with van der Waals surface area (Å²) in [6, 6.07) is 6.68. The summed E-state index contributed by atoms with van der Waals surface area (Å²) in [4.78, 5) is 0. The number of hydrogen-bond acceptors (Lipinski definition) is 3. The van der Waals surface area contributed by atoms with Crippen LogP contribution in [0.3, 0.4) is 0 Å². The van der Waals surface area contributed by atoms with Gasteiger partial charge in [0, 0.05) is 11.6 Å². The summed E-state index contributed by atoms with van der Waals surface area (Å²) in [5.74, 6) is 1.56. The van der Waals surface area contributed by atoms with Gasteiger partial charge in [0.25, 0.3) is 0 Å². The Hall–Kier alpha value is -1.06. The molecule has 3 heteroatoms. The van der Waals surface area contributed by atoms with E-state index in [0.29, 0.717) is 12.0 Å². The third kappa shape index (κ3) is 4.45. The smallest absolute Gasteiger partial charge is 0.123 e. The molecule has 0 heterocycles. The first-order valence-electron chi connectivity index (χ1n) is 8.20. The molecule has 0 bridgehead atoms. The Morgan fingerprint density at radius 3 is 2.86 bits per heavy atom. The molecule has 2 N–H and O–H groups in total. The molecule has 1 aliphatic carbocycles. The molecule has 2 rings (SSSR count). The van der Waals surface area contributed by atoms with Crippen molar-refractivity contribution in [2.24, 2.45) is 5.92 Å². The molecule has 1 aliphatic rings. The van der Waals surface area contributed by atoms with Gasteiger partial charge in [0.05, 0.1) is 13.2 Å². The van der Waals surface area contributed by atoms with Crippen molar-refractivity contribution in [1.82, 2.24) is 5.32 Å².